The fourth-order valence-electron chi connectivity index (χ4n) is 3.06. The van der Waals surface area contributed by atoms with E-state index in [1.54, 1.807) is 7.11 Å². The third kappa shape index (κ3) is 1.82. The van der Waals surface area contributed by atoms with E-state index in [2.05, 4.69) is 44.2 Å². The molecule has 0 saturated heterocycles. The second-order valence-electron chi connectivity index (χ2n) is 5.42. The van der Waals surface area contributed by atoms with Gasteiger partial charge in [-0.15, -0.1) is 0 Å². The van der Waals surface area contributed by atoms with Crippen LogP contribution in [0.3, 0.4) is 0 Å². The molecule has 0 amide bonds. The SMILES string of the molecule is COC(C)Oc1ccc2c3c(cccc13)C(C)C2C. The highest BCUT2D eigenvalue weighted by atomic mass is 16.7. The molecule has 0 radical (unpaired) electrons. The summed E-state index contributed by atoms with van der Waals surface area (Å²) in [5.41, 5.74) is 2.88. The molecular formula is C17H20O2. The minimum atomic E-state index is -0.228. The van der Waals surface area contributed by atoms with Crippen molar-refractivity contribution in [3.05, 3.63) is 41.5 Å². The van der Waals surface area contributed by atoms with E-state index in [1.807, 2.05) is 6.92 Å². The van der Waals surface area contributed by atoms with Crippen molar-refractivity contribution in [2.24, 2.45) is 0 Å². The minimum absolute atomic E-state index is 0.228. The quantitative estimate of drug-likeness (QED) is 0.756. The largest absolute Gasteiger partial charge is 0.465 e. The monoisotopic (exact) mass is 256 g/mol. The first-order valence-corrected chi connectivity index (χ1v) is 6.88. The molecule has 2 heteroatoms. The van der Waals surface area contributed by atoms with Crippen LogP contribution in [0.15, 0.2) is 30.3 Å². The van der Waals surface area contributed by atoms with Crippen LogP contribution >= 0.6 is 0 Å². The van der Waals surface area contributed by atoms with Gasteiger partial charge in [0, 0.05) is 12.5 Å². The highest BCUT2D eigenvalue weighted by molar-refractivity contribution is 5.96. The van der Waals surface area contributed by atoms with Gasteiger partial charge in [-0.05, 0) is 41.3 Å². The van der Waals surface area contributed by atoms with Gasteiger partial charge in [-0.2, -0.15) is 0 Å². The van der Waals surface area contributed by atoms with Crippen LogP contribution < -0.4 is 4.74 Å². The molecule has 19 heavy (non-hydrogen) atoms. The summed E-state index contributed by atoms with van der Waals surface area (Å²) in [7, 11) is 1.66. The van der Waals surface area contributed by atoms with E-state index in [0.29, 0.717) is 11.8 Å². The first-order valence-electron chi connectivity index (χ1n) is 6.88. The van der Waals surface area contributed by atoms with Crippen LogP contribution in [-0.4, -0.2) is 13.4 Å². The van der Waals surface area contributed by atoms with Crippen molar-refractivity contribution in [3.8, 4) is 5.75 Å². The summed E-state index contributed by atoms with van der Waals surface area (Å²) in [6, 6.07) is 10.8. The third-order valence-corrected chi connectivity index (χ3v) is 4.42. The van der Waals surface area contributed by atoms with Crippen molar-refractivity contribution in [1.82, 2.24) is 0 Å². The van der Waals surface area contributed by atoms with E-state index in [-0.39, 0.29) is 6.29 Å². The highest BCUT2D eigenvalue weighted by Crippen LogP contribution is 2.48. The molecule has 0 saturated carbocycles. The fraction of sp³-hybridized carbons (Fsp3) is 0.412. The Hall–Kier alpha value is -1.54. The summed E-state index contributed by atoms with van der Waals surface area (Å²) in [5.74, 6) is 2.07. The van der Waals surface area contributed by atoms with Gasteiger partial charge in [0.2, 0.25) is 0 Å². The molecule has 0 heterocycles. The van der Waals surface area contributed by atoms with Gasteiger partial charge in [-0.1, -0.05) is 38.1 Å². The molecule has 1 aliphatic carbocycles. The molecule has 0 bridgehead atoms. The molecule has 2 aromatic carbocycles. The van der Waals surface area contributed by atoms with E-state index in [0.717, 1.165) is 5.75 Å². The van der Waals surface area contributed by atoms with E-state index in [4.69, 9.17) is 9.47 Å². The summed E-state index contributed by atoms with van der Waals surface area (Å²) in [5, 5.41) is 2.58. The standard InChI is InChI=1S/C17H20O2/c1-10-11(2)14-8-9-16(19-12(3)18-4)15-7-5-6-13(10)17(14)15/h5-12H,1-4H3. The Bertz CT molecular complexity index is 604. The normalized spacial score (nSPS) is 22.7. The van der Waals surface area contributed by atoms with Crippen LogP contribution in [0.2, 0.25) is 0 Å². The Kier molecular flexibility index (Phi) is 2.98. The van der Waals surface area contributed by atoms with Gasteiger partial charge >= 0.3 is 0 Å². The minimum Gasteiger partial charge on any atom is -0.465 e. The zero-order valence-corrected chi connectivity index (χ0v) is 11.9. The molecule has 0 aliphatic heterocycles. The average molecular weight is 256 g/mol. The second-order valence-corrected chi connectivity index (χ2v) is 5.42. The maximum Gasteiger partial charge on any atom is 0.196 e. The Morgan fingerprint density at radius 3 is 2.37 bits per heavy atom. The first-order chi connectivity index (χ1) is 9.13. The second kappa shape index (κ2) is 4.53. The molecule has 3 atom stereocenters. The smallest absolute Gasteiger partial charge is 0.196 e. The van der Waals surface area contributed by atoms with Gasteiger partial charge in [0.15, 0.2) is 6.29 Å². The lowest BCUT2D eigenvalue weighted by molar-refractivity contribution is -0.0373. The molecule has 0 fully saturated rings. The molecule has 2 nitrogen and oxygen atoms in total. The van der Waals surface area contributed by atoms with E-state index >= 15 is 0 Å². The molecule has 1 aliphatic rings. The molecular weight excluding hydrogens is 236 g/mol. The number of ether oxygens (including phenoxy) is 2. The van der Waals surface area contributed by atoms with Gasteiger partial charge in [-0.25, -0.2) is 0 Å². The topological polar surface area (TPSA) is 18.5 Å². The molecule has 0 N–H and O–H groups in total. The molecule has 0 aromatic heterocycles. The summed E-state index contributed by atoms with van der Waals surface area (Å²) in [6.45, 7) is 6.52. The summed E-state index contributed by atoms with van der Waals surface area (Å²) in [4.78, 5) is 0. The van der Waals surface area contributed by atoms with Crippen molar-refractivity contribution >= 4 is 10.8 Å². The van der Waals surface area contributed by atoms with Gasteiger partial charge in [0.25, 0.3) is 0 Å². The van der Waals surface area contributed by atoms with Crippen molar-refractivity contribution in [2.45, 2.75) is 38.9 Å². The van der Waals surface area contributed by atoms with Crippen molar-refractivity contribution in [1.29, 1.82) is 0 Å². The Morgan fingerprint density at radius 1 is 1.00 bits per heavy atom. The fourth-order valence-corrected chi connectivity index (χ4v) is 3.06. The third-order valence-electron chi connectivity index (χ3n) is 4.42. The molecule has 100 valence electrons. The van der Waals surface area contributed by atoms with Crippen molar-refractivity contribution in [2.75, 3.05) is 7.11 Å². The van der Waals surface area contributed by atoms with Crippen LogP contribution in [0.5, 0.6) is 5.75 Å². The first kappa shape index (κ1) is 12.5. The van der Waals surface area contributed by atoms with Crippen LogP contribution in [0.25, 0.3) is 10.8 Å². The molecule has 2 aromatic rings. The maximum atomic E-state index is 5.86. The van der Waals surface area contributed by atoms with Crippen molar-refractivity contribution < 1.29 is 9.47 Å². The Balaban J connectivity index is 2.19. The zero-order chi connectivity index (χ0) is 13.6. The maximum absolute atomic E-state index is 5.86. The van der Waals surface area contributed by atoms with E-state index < -0.39 is 0 Å². The van der Waals surface area contributed by atoms with Crippen LogP contribution in [0.1, 0.15) is 43.7 Å². The zero-order valence-electron chi connectivity index (χ0n) is 11.9. The predicted octanol–water partition coefficient (Wildman–Crippen LogP) is 4.43. The van der Waals surface area contributed by atoms with Crippen LogP contribution in [0, 0.1) is 0 Å². The molecule has 3 rings (SSSR count). The average Bonchev–Trinajstić information content (AvgIpc) is 2.68. The van der Waals surface area contributed by atoms with Crippen molar-refractivity contribution in [3.63, 3.8) is 0 Å². The lowest BCUT2D eigenvalue weighted by atomic mass is 9.94. The number of hydrogen-bond donors (Lipinski definition) is 0. The summed E-state index contributed by atoms with van der Waals surface area (Å²) in [6.07, 6.45) is -0.228. The number of methoxy groups -OCH3 is 1. The van der Waals surface area contributed by atoms with Gasteiger partial charge in [0.05, 0.1) is 0 Å². The lowest BCUT2D eigenvalue weighted by Gasteiger charge is -2.15. The molecule has 3 unspecified atom stereocenters. The number of rotatable bonds is 3. The van der Waals surface area contributed by atoms with Gasteiger partial charge < -0.3 is 9.47 Å². The van der Waals surface area contributed by atoms with E-state index in [1.165, 1.54) is 21.9 Å². The summed E-state index contributed by atoms with van der Waals surface area (Å²) >= 11 is 0. The van der Waals surface area contributed by atoms with Crippen LogP contribution in [0.4, 0.5) is 0 Å². The van der Waals surface area contributed by atoms with Crippen LogP contribution in [-0.2, 0) is 4.74 Å². The lowest BCUT2D eigenvalue weighted by Crippen LogP contribution is -2.13. The Morgan fingerprint density at radius 2 is 1.68 bits per heavy atom. The molecule has 0 spiro atoms. The van der Waals surface area contributed by atoms with E-state index in [9.17, 15) is 0 Å². The Labute approximate surface area is 114 Å². The van der Waals surface area contributed by atoms with Gasteiger partial charge in [-0.3, -0.25) is 0 Å². The summed E-state index contributed by atoms with van der Waals surface area (Å²) < 4.78 is 11.1. The van der Waals surface area contributed by atoms with Gasteiger partial charge in [0.1, 0.15) is 5.75 Å². The predicted molar refractivity (Wildman–Crippen MR) is 77.9 cm³/mol. The number of benzene rings is 2. The highest BCUT2D eigenvalue weighted by Gasteiger charge is 2.28. The number of hydrogen-bond acceptors (Lipinski definition) is 2.